The third kappa shape index (κ3) is 5.41. The fourth-order valence-corrected chi connectivity index (χ4v) is 5.72. The number of amides is 1. The number of hydrogen-bond donors (Lipinski definition) is 2. The van der Waals surface area contributed by atoms with Crippen molar-refractivity contribution in [1.82, 2.24) is 19.9 Å². The minimum atomic E-state index is -0.542. The molecule has 1 aliphatic heterocycles. The Bertz CT molecular complexity index is 1460. The van der Waals surface area contributed by atoms with Crippen molar-refractivity contribution in [2.24, 2.45) is 5.73 Å². The summed E-state index contributed by atoms with van der Waals surface area (Å²) in [7, 11) is 3.72. The van der Waals surface area contributed by atoms with Crippen molar-refractivity contribution in [3.05, 3.63) is 53.0 Å². The molecule has 0 aliphatic carbocycles. The number of nitrogens with zero attached hydrogens (tertiary/aromatic N) is 4. The summed E-state index contributed by atoms with van der Waals surface area (Å²) in [5, 5.41) is 3.33. The van der Waals surface area contributed by atoms with E-state index in [1.807, 2.05) is 32.0 Å². The molecule has 9 nitrogen and oxygen atoms in total. The number of piperidine rings is 1. The minimum Gasteiger partial charge on any atom is -0.489 e. The van der Waals surface area contributed by atoms with Crippen molar-refractivity contribution in [3.8, 4) is 22.9 Å². The van der Waals surface area contributed by atoms with Gasteiger partial charge in [0.1, 0.15) is 10.6 Å². The van der Waals surface area contributed by atoms with Crippen LogP contribution in [0.3, 0.4) is 0 Å². The average molecular weight is 533 g/mol. The first-order valence-electron chi connectivity index (χ1n) is 12.7. The summed E-state index contributed by atoms with van der Waals surface area (Å²) in [6.07, 6.45) is 3.96. The second-order valence-electron chi connectivity index (χ2n) is 9.77. The molecule has 10 heteroatoms. The molecule has 0 atom stereocenters. The molecule has 4 aromatic rings. The predicted molar refractivity (Wildman–Crippen MR) is 151 cm³/mol. The van der Waals surface area contributed by atoms with Gasteiger partial charge in [0.15, 0.2) is 0 Å². The second kappa shape index (κ2) is 10.9. The molecule has 0 radical (unpaired) electrons. The van der Waals surface area contributed by atoms with Gasteiger partial charge in [0, 0.05) is 6.07 Å². The first kappa shape index (κ1) is 25.9. The largest absolute Gasteiger partial charge is 0.489 e. The van der Waals surface area contributed by atoms with Crippen LogP contribution in [0, 0.1) is 0 Å². The van der Waals surface area contributed by atoms with E-state index in [9.17, 15) is 4.79 Å². The van der Waals surface area contributed by atoms with Gasteiger partial charge in [0.2, 0.25) is 11.8 Å². The lowest BCUT2D eigenvalue weighted by Gasteiger charge is -2.29. The van der Waals surface area contributed by atoms with E-state index in [4.69, 9.17) is 20.2 Å². The molecule has 0 saturated carbocycles. The van der Waals surface area contributed by atoms with Gasteiger partial charge in [-0.25, -0.2) is 15.0 Å². The molecule has 0 spiro atoms. The number of carbonyl (C=O) groups excluding carboxylic acids is 1. The number of anilines is 2. The van der Waals surface area contributed by atoms with Crippen molar-refractivity contribution in [3.63, 3.8) is 0 Å². The van der Waals surface area contributed by atoms with Crippen LogP contribution in [0.2, 0.25) is 0 Å². The molecule has 1 fully saturated rings. The smallest absolute Gasteiger partial charge is 0.259 e. The number of methoxy groups -OCH3 is 1. The van der Waals surface area contributed by atoms with Gasteiger partial charge in [-0.2, -0.15) is 0 Å². The Morgan fingerprint density at radius 1 is 1.18 bits per heavy atom. The number of ether oxygens (including phenoxy) is 2. The summed E-state index contributed by atoms with van der Waals surface area (Å²) >= 11 is 1.25. The second-order valence-corrected chi connectivity index (χ2v) is 10.8. The van der Waals surface area contributed by atoms with Crippen LogP contribution >= 0.6 is 11.3 Å². The van der Waals surface area contributed by atoms with Gasteiger partial charge in [0.25, 0.3) is 5.91 Å². The van der Waals surface area contributed by atoms with Crippen LogP contribution in [-0.2, 0) is 0 Å². The molecule has 0 unspecified atom stereocenters. The number of thiophene rings is 1. The maximum absolute atomic E-state index is 12.3. The summed E-state index contributed by atoms with van der Waals surface area (Å²) in [5.74, 6) is 1.55. The highest BCUT2D eigenvalue weighted by Crippen LogP contribution is 2.39. The standard InChI is InChI=1S/C28H32N6O3S/c1-16(2)37-21-14-18(17-10-12-34(3)13-11-17)8-9-19(21)32-28-30-15-22-25(33-28)24(26(38-22)27(29)35)20-6-5-7-23(31-20)36-4/h5-9,14-17H,10-13H2,1-4H3,(H2,29,35)(H,30,32,33). The van der Waals surface area contributed by atoms with Crippen molar-refractivity contribution >= 4 is 39.1 Å². The van der Waals surface area contributed by atoms with Gasteiger partial charge >= 0.3 is 0 Å². The number of pyridine rings is 1. The Morgan fingerprint density at radius 3 is 2.68 bits per heavy atom. The zero-order valence-corrected chi connectivity index (χ0v) is 22.8. The third-order valence-corrected chi connectivity index (χ3v) is 7.78. The maximum atomic E-state index is 12.3. The van der Waals surface area contributed by atoms with Crippen molar-refractivity contribution < 1.29 is 14.3 Å². The summed E-state index contributed by atoms with van der Waals surface area (Å²) in [5.41, 5.74) is 9.51. The fourth-order valence-electron chi connectivity index (χ4n) is 4.74. The Labute approximate surface area is 226 Å². The quantitative estimate of drug-likeness (QED) is 0.318. The van der Waals surface area contributed by atoms with Crippen LogP contribution in [0.15, 0.2) is 42.6 Å². The molecule has 1 amide bonds. The zero-order valence-electron chi connectivity index (χ0n) is 22.0. The molecule has 4 heterocycles. The molecule has 198 valence electrons. The average Bonchev–Trinajstić information content (AvgIpc) is 3.29. The summed E-state index contributed by atoms with van der Waals surface area (Å²) in [4.78, 5) is 28.9. The van der Waals surface area contributed by atoms with Gasteiger partial charge in [-0.05, 0) is 76.5 Å². The van der Waals surface area contributed by atoms with E-state index in [0.29, 0.717) is 39.4 Å². The van der Waals surface area contributed by atoms with Crippen molar-refractivity contribution in [2.45, 2.75) is 38.7 Å². The minimum absolute atomic E-state index is 0.00687. The van der Waals surface area contributed by atoms with E-state index in [1.165, 1.54) is 16.9 Å². The molecule has 1 aromatic carbocycles. The first-order chi connectivity index (χ1) is 18.3. The highest BCUT2D eigenvalue weighted by molar-refractivity contribution is 7.21. The number of nitrogens with one attached hydrogen (secondary N) is 1. The van der Waals surface area contributed by atoms with Crippen LogP contribution in [0.5, 0.6) is 11.6 Å². The Hall–Kier alpha value is -3.76. The zero-order chi connectivity index (χ0) is 26.8. The Balaban J connectivity index is 1.52. The van der Waals surface area contributed by atoms with E-state index >= 15 is 0 Å². The SMILES string of the molecule is COc1cccc(-c2c(C(N)=O)sc3cnc(Nc4ccc(C5CCN(C)CC5)cc4OC(C)C)nc23)n1. The number of rotatable bonds is 8. The number of likely N-dealkylation sites (tertiary alicyclic amines) is 1. The number of hydrogen-bond acceptors (Lipinski definition) is 9. The molecule has 5 rings (SSSR count). The number of benzene rings is 1. The maximum Gasteiger partial charge on any atom is 0.259 e. The van der Waals surface area contributed by atoms with Crippen LogP contribution in [0.1, 0.15) is 47.8 Å². The number of carbonyl (C=O) groups is 1. The summed E-state index contributed by atoms with van der Waals surface area (Å²) in [6, 6.07) is 11.7. The van der Waals surface area contributed by atoms with Gasteiger partial charge < -0.3 is 25.4 Å². The number of primary amides is 1. The molecular formula is C28H32N6O3S. The van der Waals surface area contributed by atoms with Gasteiger partial charge in [-0.15, -0.1) is 11.3 Å². The third-order valence-electron chi connectivity index (χ3n) is 6.65. The Morgan fingerprint density at radius 2 is 1.97 bits per heavy atom. The lowest BCUT2D eigenvalue weighted by Crippen LogP contribution is -2.29. The normalized spacial score (nSPS) is 14.7. The van der Waals surface area contributed by atoms with Gasteiger partial charge in [0.05, 0.1) is 46.6 Å². The van der Waals surface area contributed by atoms with Crippen molar-refractivity contribution in [2.75, 3.05) is 32.6 Å². The predicted octanol–water partition coefficient (Wildman–Crippen LogP) is 5.20. The van der Waals surface area contributed by atoms with E-state index < -0.39 is 5.91 Å². The van der Waals surface area contributed by atoms with Crippen LogP contribution in [0.4, 0.5) is 11.6 Å². The summed E-state index contributed by atoms with van der Waals surface area (Å²) in [6.45, 7) is 6.21. The van der Waals surface area contributed by atoms with E-state index in [-0.39, 0.29) is 6.10 Å². The van der Waals surface area contributed by atoms with E-state index in [0.717, 1.165) is 42.1 Å². The number of aromatic nitrogens is 3. The monoisotopic (exact) mass is 532 g/mol. The van der Waals surface area contributed by atoms with Gasteiger partial charge in [-0.1, -0.05) is 12.1 Å². The number of fused-ring (bicyclic) bond motifs is 1. The van der Waals surface area contributed by atoms with Crippen molar-refractivity contribution in [1.29, 1.82) is 0 Å². The molecule has 3 aromatic heterocycles. The lowest BCUT2D eigenvalue weighted by atomic mass is 9.89. The lowest BCUT2D eigenvalue weighted by molar-refractivity contribution is 0.100. The first-order valence-corrected chi connectivity index (χ1v) is 13.5. The highest BCUT2D eigenvalue weighted by atomic mass is 32.1. The molecule has 1 aliphatic rings. The highest BCUT2D eigenvalue weighted by Gasteiger charge is 2.23. The van der Waals surface area contributed by atoms with Gasteiger partial charge in [-0.3, -0.25) is 4.79 Å². The fraction of sp³-hybridized carbons (Fsp3) is 0.357. The molecule has 1 saturated heterocycles. The van der Waals surface area contributed by atoms with E-state index in [1.54, 1.807) is 19.4 Å². The number of nitrogens with two attached hydrogens (primary N) is 1. The molecule has 38 heavy (non-hydrogen) atoms. The summed E-state index contributed by atoms with van der Waals surface area (Å²) < 4.78 is 12.2. The molecular weight excluding hydrogens is 500 g/mol. The molecule has 0 bridgehead atoms. The molecule has 3 N–H and O–H groups in total. The van der Waals surface area contributed by atoms with Crippen LogP contribution in [0.25, 0.3) is 21.5 Å². The topological polar surface area (TPSA) is 115 Å². The Kier molecular flexibility index (Phi) is 7.44. The van der Waals surface area contributed by atoms with E-state index in [2.05, 4.69) is 39.4 Å². The van der Waals surface area contributed by atoms with Crippen LogP contribution in [-0.4, -0.2) is 59.1 Å². The van der Waals surface area contributed by atoms with Crippen LogP contribution < -0.4 is 20.5 Å².